The highest BCUT2D eigenvalue weighted by Gasteiger charge is 2.56. The Morgan fingerprint density at radius 2 is 1.68 bits per heavy atom. The average Bonchev–Trinajstić information content (AvgIpc) is 3.10. The van der Waals surface area contributed by atoms with Gasteiger partial charge in [0.25, 0.3) is 0 Å². The second-order valence-corrected chi connectivity index (χ2v) is 11.0. The van der Waals surface area contributed by atoms with Crippen LogP contribution in [-0.2, 0) is 5.54 Å². The van der Waals surface area contributed by atoms with Crippen molar-refractivity contribution in [1.29, 1.82) is 5.26 Å². The van der Waals surface area contributed by atoms with E-state index in [4.69, 9.17) is 5.26 Å². The van der Waals surface area contributed by atoms with Crippen LogP contribution in [0.2, 0.25) is 0 Å². The van der Waals surface area contributed by atoms with E-state index in [1.165, 1.54) is 24.8 Å². The fraction of sp³-hybridized carbons (Fsp3) is 0.556. The van der Waals surface area contributed by atoms with Crippen LogP contribution in [0.5, 0.6) is 0 Å². The van der Waals surface area contributed by atoms with E-state index in [0.717, 1.165) is 32.2 Å². The van der Waals surface area contributed by atoms with Crippen molar-refractivity contribution in [2.75, 3.05) is 32.1 Å². The molecule has 1 saturated heterocycles. The number of rotatable bonds is 5. The molecular formula is C27H34N6O. The van der Waals surface area contributed by atoms with Crippen molar-refractivity contribution in [3.8, 4) is 6.07 Å². The molecule has 178 valence electrons. The molecule has 2 amide bonds. The van der Waals surface area contributed by atoms with Crippen molar-refractivity contribution in [2.24, 2.45) is 5.41 Å². The van der Waals surface area contributed by atoms with E-state index in [1.807, 2.05) is 11.0 Å². The third-order valence-corrected chi connectivity index (χ3v) is 8.81. The van der Waals surface area contributed by atoms with Gasteiger partial charge in [0.1, 0.15) is 6.07 Å². The highest BCUT2D eigenvalue weighted by atomic mass is 16.2. The van der Waals surface area contributed by atoms with Gasteiger partial charge in [-0.15, -0.1) is 0 Å². The molecular weight excluding hydrogens is 424 g/mol. The molecule has 2 saturated carbocycles. The van der Waals surface area contributed by atoms with E-state index in [2.05, 4.69) is 71.1 Å². The van der Waals surface area contributed by atoms with Crippen molar-refractivity contribution in [2.45, 2.75) is 62.9 Å². The fourth-order valence-electron chi connectivity index (χ4n) is 6.37. The second kappa shape index (κ2) is 8.35. The number of hydrogen-bond acceptors (Lipinski definition) is 5. The van der Waals surface area contributed by atoms with Gasteiger partial charge >= 0.3 is 6.03 Å². The summed E-state index contributed by atoms with van der Waals surface area (Å²) >= 11 is 0. The maximum Gasteiger partial charge on any atom is 0.325 e. The number of anilines is 1. The summed E-state index contributed by atoms with van der Waals surface area (Å²) in [5, 5.41) is 9.07. The van der Waals surface area contributed by atoms with E-state index in [-0.39, 0.29) is 28.3 Å². The summed E-state index contributed by atoms with van der Waals surface area (Å²) in [6.45, 7) is 3.77. The molecule has 7 nitrogen and oxygen atoms in total. The fourth-order valence-corrected chi connectivity index (χ4v) is 6.37. The van der Waals surface area contributed by atoms with Gasteiger partial charge in [0.05, 0.1) is 30.2 Å². The lowest BCUT2D eigenvalue weighted by Gasteiger charge is -2.53. The summed E-state index contributed by atoms with van der Waals surface area (Å²) in [5.74, 6) is 0.125. The topological polar surface area (TPSA) is 76.4 Å². The molecule has 0 N–H and O–H groups in total. The third kappa shape index (κ3) is 3.65. The number of nitriles is 1. The van der Waals surface area contributed by atoms with E-state index in [0.29, 0.717) is 12.2 Å². The van der Waals surface area contributed by atoms with Gasteiger partial charge in [0.15, 0.2) is 0 Å². The zero-order valence-corrected chi connectivity index (χ0v) is 20.5. The zero-order chi connectivity index (χ0) is 24.0. The molecule has 3 aliphatic rings. The van der Waals surface area contributed by atoms with E-state index >= 15 is 0 Å². The van der Waals surface area contributed by atoms with Gasteiger partial charge in [-0.05, 0) is 63.6 Å². The molecule has 7 heteroatoms. The Morgan fingerprint density at radius 3 is 2.21 bits per heavy atom. The Hall–Kier alpha value is -2.98. The number of benzene rings is 1. The quantitative estimate of drug-likeness (QED) is 0.657. The number of aromatic nitrogens is 2. The Bertz CT molecular complexity index is 1080. The highest BCUT2D eigenvalue weighted by Crippen LogP contribution is 2.51. The molecule has 2 heterocycles. The second-order valence-electron chi connectivity index (χ2n) is 11.0. The van der Waals surface area contributed by atoms with Crippen LogP contribution in [0.3, 0.4) is 0 Å². The van der Waals surface area contributed by atoms with Crippen LogP contribution in [0, 0.1) is 16.7 Å². The van der Waals surface area contributed by atoms with Gasteiger partial charge in [0, 0.05) is 12.1 Å². The minimum absolute atomic E-state index is 0.0213. The molecule has 3 fully saturated rings. The van der Waals surface area contributed by atoms with Crippen LogP contribution < -0.4 is 4.90 Å². The molecule has 1 aliphatic heterocycles. The first-order valence-electron chi connectivity index (χ1n) is 12.4. The summed E-state index contributed by atoms with van der Waals surface area (Å²) < 4.78 is 0. The van der Waals surface area contributed by atoms with Gasteiger partial charge in [-0.3, -0.25) is 9.80 Å². The molecule has 0 radical (unpaired) electrons. The van der Waals surface area contributed by atoms with Crippen LogP contribution >= 0.6 is 0 Å². The zero-order valence-electron chi connectivity index (χ0n) is 20.5. The smallest absolute Gasteiger partial charge is 0.316 e. The number of carbonyl (C=O) groups is 1. The minimum atomic E-state index is -0.197. The molecule has 2 aromatic rings. The van der Waals surface area contributed by atoms with Crippen LogP contribution in [0.4, 0.5) is 10.5 Å². The molecule has 1 aromatic heterocycles. The largest absolute Gasteiger partial charge is 0.325 e. The summed E-state index contributed by atoms with van der Waals surface area (Å²) in [5.41, 5.74) is 2.02. The number of hydrogen-bond donors (Lipinski definition) is 0. The maximum absolute atomic E-state index is 13.8. The lowest BCUT2D eigenvalue weighted by atomic mass is 9.66. The Labute approximate surface area is 202 Å². The molecule has 34 heavy (non-hydrogen) atoms. The van der Waals surface area contributed by atoms with Crippen molar-refractivity contribution >= 4 is 11.7 Å². The normalized spacial score (nSPS) is 28.3. The standard InChI is InChI=1S/C27H34N6O/c1-25(10-7-11-25)19-33-24(34)32(22-17-29-23(16-28)30-18-22)20-26(33)12-14-27(15-13-26,31(2)3)21-8-5-4-6-9-21/h4-6,8-9,17-18H,7,10-15,19-20H2,1-3H3/t26-,27-. The average molecular weight is 459 g/mol. The summed E-state index contributed by atoms with van der Waals surface area (Å²) in [7, 11) is 4.36. The summed E-state index contributed by atoms with van der Waals surface area (Å²) in [6.07, 6.45) is 10.7. The molecule has 0 unspecified atom stereocenters. The first-order valence-corrected chi connectivity index (χ1v) is 12.4. The number of carbonyl (C=O) groups excluding carboxylic acids is 1. The van der Waals surface area contributed by atoms with E-state index in [9.17, 15) is 4.79 Å². The van der Waals surface area contributed by atoms with E-state index < -0.39 is 0 Å². The van der Waals surface area contributed by atoms with Crippen molar-refractivity contribution < 1.29 is 4.79 Å². The predicted octanol–water partition coefficient (Wildman–Crippen LogP) is 4.55. The number of urea groups is 1. The Kier molecular flexibility index (Phi) is 5.60. The first-order chi connectivity index (χ1) is 16.3. The molecule has 0 atom stereocenters. The SMILES string of the molecule is CN(C)[C@]1(c2ccccc2)CC[C@@]2(CC1)CN(c1cnc(C#N)nc1)C(=O)N2CC1(C)CCC1. The molecule has 1 spiro atoms. The van der Waals surface area contributed by atoms with Crippen LogP contribution in [0.1, 0.15) is 63.3 Å². The predicted molar refractivity (Wildman–Crippen MR) is 131 cm³/mol. The summed E-state index contributed by atoms with van der Waals surface area (Å²) in [4.78, 5) is 28.5. The van der Waals surface area contributed by atoms with Crippen LogP contribution in [0.15, 0.2) is 42.7 Å². The van der Waals surface area contributed by atoms with Crippen LogP contribution in [0.25, 0.3) is 0 Å². The third-order valence-electron chi connectivity index (χ3n) is 8.81. The van der Waals surface area contributed by atoms with Crippen molar-refractivity contribution in [1.82, 2.24) is 19.8 Å². The maximum atomic E-state index is 13.8. The first kappa shape index (κ1) is 22.8. The van der Waals surface area contributed by atoms with Gasteiger partial charge < -0.3 is 4.90 Å². The molecule has 5 rings (SSSR count). The van der Waals surface area contributed by atoms with Gasteiger partial charge in [-0.1, -0.05) is 43.7 Å². The van der Waals surface area contributed by atoms with E-state index in [1.54, 1.807) is 12.4 Å². The molecule has 1 aromatic carbocycles. The Balaban J connectivity index is 1.46. The summed E-state index contributed by atoms with van der Waals surface area (Å²) in [6, 6.07) is 12.8. The van der Waals surface area contributed by atoms with Crippen LogP contribution in [-0.4, -0.2) is 58.5 Å². The van der Waals surface area contributed by atoms with Gasteiger partial charge in [-0.2, -0.15) is 5.26 Å². The molecule has 0 bridgehead atoms. The van der Waals surface area contributed by atoms with Crippen molar-refractivity contribution in [3.05, 3.63) is 54.1 Å². The highest BCUT2D eigenvalue weighted by molar-refractivity contribution is 5.95. The van der Waals surface area contributed by atoms with Gasteiger partial charge in [-0.25, -0.2) is 14.8 Å². The number of nitrogens with zero attached hydrogens (tertiary/aromatic N) is 6. The monoisotopic (exact) mass is 458 g/mol. The Morgan fingerprint density at radius 1 is 1.03 bits per heavy atom. The lowest BCUT2D eigenvalue weighted by Crippen LogP contribution is -2.57. The lowest BCUT2D eigenvalue weighted by molar-refractivity contribution is 0.000419. The minimum Gasteiger partial charge on any atom is -0.316 e. The molecule has 2 aliphatic carbocycles. The van der Waals surface area contributed by atoms with Gasteiger partial charge in [0.2, 0.25) is 5.82 Å². The number of amides is 2. The van der Waals surface area contributed by atoms with Crippen molar-refractivity contribution in [3.63, 3.8) is 0 Å².